The van der Waals surface area contributed by atoms with Gasteiger partial charge in [0, 0.05) is 11.6 Å². The third-order valence-electron chi connectivity index (χ3n) is 2.87. The van der Waals surface area contributed by atoms with Crippen LogP contribution in [-0.4, -0.2) is 5.91 Å². The standard InChI is InChI=1S/C15H15ClN2O/c16-13-9-5-4-8-12(13)10-18-14(15(17)19)11-6-2-1-3-7-11/h1-9,14,18H,10H2,(H2,17,19)/t14-/m0/s1. The third kappa shape index (κ3) is 3.56. The smallest absolute Gasteiger partial charge is 0.239 e. The van der Waals surface area contributed by atoms with Crippen molar-refractivity contribution >= 4 is 17.5 Å². The van der Waals surface area contributed by atoms with Gasteiger partial charge >= 0.3 is 0 Å². The van der Waals surface area contributed by atoms with Crippen molar-refractivity contribution in [2.24, 2.45) is 5.73 Å². The summed E-state index contributed by atoms with van der Waals surface area (Å²) in [6, 6.07) is 16.4. The molecule has 2 aromatic rings. The van der Waals surface area contributed by atoms with Crippen LogP contribution in [0.1, 0.15) is 17.2 Å². The van der Waals surface area contributed by atoms with E-state index in [1.54, 1.807) is 0 Å². The molecule has 1 atom stereocenters. The van der Waals surface area contributed by atoms with Crippen molar-refractivity contribution in [3.05, 3.63) is 70.7 Å². The highest BCUT2D eigenvalue weighted by molar-refractivity contribution is 6.31. The molecule has 0 heterocycles. The van der Waals surface area contributed by atoms with Gasteiger partial charge in [-0.25, -0.2) is 0 Å². The van der Waals surface area contributed by atoms with Crippen LogP contribution in [0.25, 0.3) is 0 Å². The summed E-state index contributed by atoms with van der Waals surface area (Å²) in [7, 11) is 0. The Labute approximate surface area is 117 Å². The van der Waals surface area contributed by atoms with Gasteiger partial charge in [0.2, 0.25) is 5.91 Å². The zero-order valence-electron chi connectivity index (χ0n) is 10.3. The molecule has 0 aliphatic carbocycles. The summed E-state index contributed by atoms with van der Waals surface area (Å²) in [6.07, 6.45) is 0. The molecule has 1 amide bonds. The Bertz CT molecular complexity index is 557. The molecule has 0 aliphatic rings. The fourth-order valence-corrected chi connectivity index (χ4v) is 2.08. The quantitative estimate of drug-likeness (QED) is 0.881. The maximum absolute atomic E-state index is 11.5. The molecule has 3 N–H and O–H groups in total. The summed E-state index contributed by atoms with van der Waals surface area (Å²) in [5, 5.41) is 3.81. The molecule has 0 spiro atoms. The van der Waals surface area contributed by atoms with Gasteiger partial charge in [-0.2, -0.15) is 0 Å². The maximum Gasteiger partial charge on any atom is 0.239 e. The SMILES string of the molecule is NC(=O)[C@@H](NCc1ccccc1Cl)c1ccccc1. The van der Waals surface area contributed by atoms with E-state index >= 15 is 0 Å². The van der Waals surface area contributed by atoms with Gasteiger partial charge in [0.05, 0.1) is 0 Å². The van der Waals surface area contributed by atoms with Gasteiger partial charge in [0.25, 0.3) is 0 Å². The number of hydrogen-bond donors (Lipinski definition) is 2. The van der Waals surface area contributed by atoms with Crippen LogP contribution in [0.4, 0.5) is 0 Å². The van der Waals surface area contributed by atoms with Gasteiger partial charge < -0.3 is 5.73 Å². The molecule has 0 unspecified atom stereocenters. The van der Waals surface area contributed by atoms with Crippen molar-refractivity contribution in [2.75, 3.05) is 0 Å². The molecule has 4 heteroatoms. The molecule has 0 bridgehead atoms. The Morgan fingerprint density at radius 1 is 1.11 bits per heavy atom. The van der Waals surface area contributed by atoms with E-state index in [9.17, 15) is 4.79 Å². The molecule has 0 radical (unpaired) electrons. The minimum atomic E-state index is -0.516. The van der Waals surface area contributed by atoms with Crippen molar-refractivity contribution in [1.82, 2.24) is 5.32 Å². The fourth-order valence-electron chi connectivity index (χ4n) is 1.88. The lowest BCUT2D eigenvalue weighted by Crippen LogP contribution is -2.33. The van der Waals surface area contributed by atoms with E-state index in [-0.39, 0.29) is 0 Å². The molecule has 0 saturated carbocycles. The molecule has 3 nitrogen and oxygen atoms in total. The Balaban J connectivity index is 2.11. The molecular formula is C15H15ClN2O. The van der Waals surface area contributed by atoms with Crippen molar-refractivity contribution in [2.45, 2.75) is 12.6 Å². The first-order chi connectivity index (χ1) is 9.18. The van der Waals surface area contributed by atoms with Crippen LogP contribution in [0.5, 0.6) is 0 Å². The monoisotopic (exact) mass is 274 g/mol. The lowest BCUT2D eigenvalue weighted by Gasteiger charge is -2.16. The first-order valence-electron chi connectivity index (χ1n) is 5.99. The molecular weight excluding hydrogens is 260 g/mol. The highest BCUT2D eigenvalue weighted by Crippen LogP contribution is 2.17. The number of carbonyl (C=O) groups excluding carboxylic acids is 1. The number of carbonyl (C=O) groups is 1. The number of hydrogen-bond acceptors (Lipinski definition) is 2. The van der Waals surface area contributed by atoms with E-state index < -0.39 is 11.9 Å². The number of halogens is 1. The first-order valence-corrected chi connectivity index (χ1v) is 6.37. The Morgan fingerprint density at radius 3 is 2.37 bits per heavy atom. The zero-order chi connectivity index (χ0) is 13.7. The number of amides is 1. The van der Waals surface area contributed by atoms with Gasteiger partial charge in [0.1, 0.15) is 6.04 Å². The summed E-state index contributed by atoms with van der Waals surface area (Å²) in [6.45, 7) is 0.488. The van der Waals surface area contributed by atoms with Crippen LogP contribution in [0.3, 0.4) is 0 Å². The van der Waals surface area contributed by atoms with Crippen molar-refractivity contribution in [1.29, 1.82) is 0 Å². The lowest BCUT2D eigenvalue weighted by atomic mass is 10.1. The van der Waals surface area contributed by atoms with E-state index in [2.05, 4.69) is 5.32 Å². The van der Waals surface area contributed by atoms with E-state index in [4.69, 9.17) is 17.3 Å². The Morgan fingerprint density at radius 2 is 1.74 bits per heavy atom. The average Bonchev–Trinajstić information content (AvgIpc) is 2.42. The van der Waals surface area contributed by atoms with E-state index in [1.165, 1.54) is 0 Å². The molecule has 0 saturated heterocycles. The molecule has 19 heavy (non-hydrogen) atoms. The predicted octanol–water partition coefficient (Wildman–Crippen LogP) is 2.66. The number of nitrogens with one attached hydrogen (secondary N) is 1. The largest absolute Gasteiger partial charge is 0.368 e. The zero-order valence-corrected chi connectivity index (χ0v) is 11.1. The van der Waals surface area contributed by atoms with E-state index in [0.717, 1.165) is 11.1 Å². The van der Waals surface area contributed by atoms with Crippen LogP contribution >= 0.6 is 11.6 Å². The second-order valence-corrected chi connectivity index (χ2v) is 4.63. The first kappa shape index (κ1) is 13.6. The van der Waals surface area contributed by atoms with Crippen molar-refractivity contribution < 1.29 is 4.79 Å². The normalized spacial score (nSPS) is 12.1. The number of benzene rings is 2. The number of primary amides is 1. The van der Waals surface area contributed by atoms with Gasteiger partial charge in [-0.1, -0.05) is 60.1 Å². The van der Waals surface area contributed by atoms with E-state index in [1.807, 2.05) is 54.6 Å². The van der Waals surface area contributed by atoms with Crippen LogP contribution in [0, 0.1) is 0 Å². The minimum absolute atomic E-state index is 0.404. The fraction of sp³-hybridized carbons (Fsp3) is 0.133. The van der Waals surface area contributed by atoms with Crippen LogP contribution < -0.4 is 11.1 Å². The Hall–Kier alpha value is -1.84. The average molecular weight is 275 g/mol. The third-order valence-corrected chi connectivity index (χ3v) is 3.24. The van der Waals surface area contributed by atoms with Crippen LogP contribution in [0.15, 0.2) is 54.6 Å². The molecule has 0 aliphatic heterocycles. The molecule has 98 valence electrons. The molecule has 0 fully saturated rings. The number of rotatable bonds is 5. The Kier molecular flexibility index (Phi) is 4.55. The topological polar surface area (TPSA) is 55.1 Å². The lowest BCUT2D eigenvalue weighted by molar-refractivity contribution is -0.120. The van der Waals surface area contributed by atoms with Gasteiger partial charge in [-0.15, -0.1) is 0 Å². The predicted molar refractivity (Wildman–Crippen MR) is 76.7 cm³/mol. The molecule has 2 rings (SSSR count). The second-order valence-electron chi connectivity index (χ2n) is 4.22. The van der Waals surface area contributed by atoms with Gasteiger partial charge in [-0.05, 0) is 17.2 Å². The van der Waals surface area contributed by atoms with Gasteiger partial charge in [-0.3, -0.25) is 10.1 Å². The molecule has 2 aromatic carbocycles. The van der Waals surface area contributed by atoms with Crippen LogP contribution in [0.2, 0.25) is 5.02 Å². The maximum atomic E-state index is 11.5. The van der Waals surface area contributed by atoms with E-state index in [0.29, 0.717) is 11.6 Å². The molecule has 0 aromatic heterocycles. The summed E-state index contributed by atoms with van der Waals surface area (Å²) < 4.78 is 0. The van der Waals surface area contributed by atoms with Gasteiger partial charge in [0.15, 0.2) is 0 Å². The summed E-state index contributed by atoms with van der Waals surface area (Å²) in [4.78, 5) is 11.5. The number of nitrogens with two attached hydrogens (primary N) is 1. The summed E-state index contributed by atoms with van der Waals surface area (Å²) in [5.41, 5.74) is 7.22. The summed E-state index contributed by atoms with van der Waals surface area (Å²) in [5.74, 6) is -0.404. The van der Waals surface area contributed by atoms with Crippen molar-refractivity contribution in [3.8, 4) is 0 Å². The highest BCUT2D eigenvalue weighted by Gasteiger charge is 2.16. The highest BCUT2D eigenvalue weighted by atomic mass is 35.5. The minimum Gasteiger partial charge on any atom is -0.368 e. The second kappa shape index (κ2) is 6.36. The van der Waals surface area contributed by atoms with Crippen molar-refractivity contribution in [3.63, 3.8) is 0 Å². The van der Waals surface area contributed by atoms with Crippen LogP contribution in [-0.2, 0) is 11.3 Å². The summed E-state index contributed by atoms with van der Waals surface area (Å²) >= 11 is 6.08.